The molecular weight excluding hydrogens is 356 g/mol. The molecule has 4 rings (SSSR count). The van der Waals surface area contributed by atoms with Crippen molar-refractivity contribution < 1.29 is 19.1 Å². The molecule has 0 radical (unpaired) electrons. The van der Waals surface area contributed by atoms with Crippen LogP contribution < -0.4 is 14.8 Å². The number of rotatable bonds is 4. The van der Waals surface area contributed by atoms with Gasteiger partial charge in [0.1, 0.15) is 18.1 Å². The number of benzene rings is 2. The number of hydrogen-bond acceptors (Lipinski definition) is 4. The summed E-state index contributed by atoms with van der Waals surface area (Å²) in [5.74, 6) is 0.952. The summed E-state index contributed by atoms with van der Waals surface area (Å²) < 4.78 is 11.2. The minimum atomic E-state index is -1.05. The van der Waals surface area contributed by atoms with Gasteiger partial charge in [-0.2, -0.15) is 0 Å². The van der Waals surface area contributed by atoms with E-state index in [0.717, 1.165) is 0 Å². The number of imide groups is 1. The Morgan fingerprint density at radius 1 is 1.19 bits per heavy atom. The number of carbonyl (C=O) groups excluding carboxylic acids is 2. The van der Waals surface area contributed by atoms with Crippen LogP contribution >= 0.6 is 11.6 Å². The molecular formula is C19H17ClN2O4. The molecule has 3 amide bonds. The van der Waals surface area contributed by atoms with E-state index in [2.05, 4.69) is 5.32 Å². The lowest BCUT2D eigenvalue weighted by atomic mass is 9.84. The van der Waals surface area contributed by atoms with Crippen molar-refractivity contribution in [1.29, 1.82) is 0 Å². The van der Waals surface area contributed by atoms with Gasteiger partial charge < -0.3 is 14.8 Å². The highest BCUT2D eigenvalue weighted by molar-refractivity contribution is 6.30. The van der Waals surface area contributed by atoms with Gasteiger partial charge in [-0.1, -0.05) is 35.9 Å². The summed E-state index contributed by atoms with van der Waals surface area (Å²) in [7, 11) is 0. The fraction of sp³-hybridized carbons (Fsp3) is 0.263. The second-order valence-corrected chi connectivity index (χ2v) is 6.63. The third kappa shape index (κ3) is 2.76. The zero-order chi connectivity index (χ0) is 18.1. The van der Waals surface area contributed by atoms with E-state index in [9.17, 15) is 9.59 Å². The molecule has 1 N–H and O–H groups in total. The maximum Gasteiger partial charge on any atom is 0.325 e. The lowest BCUT2D eigenvalue weighted by molar-refractivity contribution is -0.132. The second kappa shape index (κ2) is 6.53. The van der Waals surface area contributed by atoms with E-state index in [1.165, 1.54) is 4.90 Å². The molecule has 2 heterocycles. The average molecular weight is 373 g/mol. The van der Waals surface area contributed by atoms with Crippen molar-refractivity contribution in [2.75, 3.05) is 19.8 Å². The van der Waals surface area contributed by atoms with Crippen LogP contribution in [0.5, 0.6) is 11.5 Å². The molecule has 1 spiro atoms. The van der Waals surface area contributed by atoms with Crippen molar-refractivity contribution in [2.45, 2.75) is 12.0 Å². The van der Waals surface area contributed by atoms with Gasteiger partial charge in [0.05, 0.1) is 13.2 Å². The van der Waals surface area contributed by atoms with Crippen LogP contribution in [0.1, 0.15) is 12.0 Å². The van der Waals surface area contributed by atoms with Crippen molar-refractivity contribution in [1.82, 2.24) is 10.2 Å². The number of hydrogen-bond donors (Lipinski definition) is 1. The number of ether oxygens (including phenoxy) is 2. The first-order valence-corrected chi connectivity index (χ1v) is 8.73. The highest BCUT2D eigenvalue weighted by Crippen LogP contribution is 2.40. The molecule has 6 nitrogen and oxygen atoms in total. The first-order valence-electron chi connectivity index (χ1n) is 8.35. The summed E-state index contributed by atoms with van der Waals surface area (Å²) in [6.07, 6.45) is 0.403. The molecule has 2 aliphatic rings. The molecule has 0 unspecified atom stereocenters. The monoisotopic (exact) mass is 372 g/mol. The Hall–Kier alpha value is -2.73. The van der Waals surface area contributed by atoms with Crippen molar-refractivity contribution in [3.05, 3.63) is 59.1 Å². The molecule has 134 valence electrons. The molecule has 2 aliphatic heterocycles. The van der Waals surface area contributed by atoms with Crippen LogP contribution in [0.15, 0.2) is 48.5 Å². The summed E-state index contributed by atoms with van der Waals surface area (Å²) in [5, 5.41) is 3.43. The topological polar surface area (TPSA) is 67.9 Å². The third-order valence-electron chi connectivity index (χ3n) is 4.64. The fourth-order valence-corrected chi connectivity index (χ4v) is 3.57. The Bertz CT molecular complexity index is 872. The summed E-state index contributed by atoms with van der Waals surface area (Å²) in [4.78, 5) is 26.7. The summed E-state index contributed by atoms with van der Waals surface area (Å²) >= 11 is 5.92. The third-order valence-corrected chi connectivity index (χ3v) is 4.87. The highest BCUT2D eigenvalue weighted by atomic mass is 35.5. The Morgan fingerprint density at radius 2 is 2.04 bits per heavy atom. The Morgan fingerprint density at radius 3 is 2.88 bits per heavy atom. The zero-order valence-corrected chi connectivity index (χ0v) is 14.7. The van der Waals surface area contributed by atoms with E-state index >= 15 is 0 Å². The zero-order valence-electron chi connectivity index (χ0n) is 13.9. The first kappa shape index (κ1) is 16.7. The van der Waals surface area contributed by atoms with Crippen LogP contribution in [-0.2, 0) is 10.3 Å². The Labute approximate surface area is 155 Å². The molecule has 26 heavy (non-hydrogen) atoms. The van der Waals surface area contributed by atoms with Crippen LogP contribution in [0, 0.1) is 0 Å². The van der Waals surface area contributed by atoms with E-state index < -0.39 is 11.6 Å². The van der Waals surface area contributed by atoms with Gasteiger partial charge in [-0.15, -0.1) is 0 Å². The largest absolute Gasteiger partial charge is 0.493 e. The Balaban J connectivity index is 1.50. The SMILES string of the molecule is O=C1N[C@]2(CCOc3ccccc32)C(=O)N1CCOc1cccc(Cl)c1. The van der Waals surface area contributed by atoms with Crippen LogP contribution in [0.4, 0.5) is 4.79 Å². The number of nitrogens with one attached hydrogen (secondary N) is 1. The predicted molar refractivity (Wildman–Crippen MR) is 95.4 cm³/mol. The van der Waals surface area contributed by atoms with Crippen LogP contribution in [0.25, 0.3) is 0 Å². The minimum absolute atomic E-state index is 0.155. The van der Waals surface area contributed by atoms with Crippen molar-refractivity contribution >= 4 is 23.5 Å². The van der Waals surface area contributed by atoms with Gasteiger partial charge in [-0.05, 0) is 24.3 Å². The average Bonchev–Trinajstić information content (AvgIpc) is 2.87. The number of urea groups is 1. The molecule has 7 heteroatoms. The van der Waals surface area contributed by atoms with Gasteiger partial charge in [-0.25, -0.2) is 4.79 Å². The van der Waals surface area contributed by atoms with Crippen LogP contribution in [-0.4, -0.2) is 36.6 Å². The quantitative estimate of drug-likeness (QED) is 0.838. The predicted octanol–water partition coefficient (Wildman–Crippen LogP) is 2.95. The lowest BCUT2D eigenvalue weighted by Gasteiger charge is -2.33. The molecule has 2 aromatic rings. The van der Waals surface area contributed by atoms with Crippen molar-refractivity contribution in [2.24, 2.45) is 0 Å². The van der Waals surface area contributed by atoms with E-state index in [1.54, 1.807) is 30.3 Å². The summed E-state index contributed by atoms with van der Waals surface area (Å²) in [6.45, 7) is 0.714. The van der Waals surface area contributed by atoms with E-state index in [-0.39, 0.29) is 19.1 Å². The number of para-hydroxylation sites is 1. The molecule has 1 atom stereocenters. The smallest absolute Gasteiger partial charge is 0.325 e. The highest BCUT2D eigenvalue weighted by Gasteiger charge is 2.54. The molecule has 0 aliphatic carbocycles. The van der Waals surface area contributed by atoms with E-state index in [0.29, 0.717) is 35.1 Å². The Kier molecular flexibility index (Phi) is 4.20. The number of halogens is 1. The van der Waals surface area contributed by atoms with E-state index in [4.69, 9.17) is 21.1 Å². The molecule has 1 saturated heterocycles. The second-order valence-electron chi connectivity index (χ2n) is 6.19. The number of carbonyl (C=O) groups is 2. The summed E-state index contributed by atoms with van der Waals surface area (Å²) in [6, 6.07) is 13.9. The maximum absolute atomic E-state index is 13.1. The van der Waals surface area contributed by atoms with Gasteiger partial charge >= 0.3 is 6.03 Å². The summed E-state index contributed by atoms with van der Waals surface area (Å²) in [5.41, 5.74) is -0.356. The fourth-order valence-electron chi connectivity index (χ4n) is 3.39. The number of fused-ring (bicyclic) bond motifs is 2. The standard InChI is InChI=1S/C19H17ClN2O4/c20-13-4-3-5-14(12-13)25-11-9-22-17(23)19(21-18(22)24)8-10-26-16-7-2-1-6-15(16)19/h1-7,12H,8-11H2,(H,21,24)/t19-/m0/s1. The number of amides is 3. The van der Waals surface area contributed by atoms with Gasteiger partial charge in [0.2, 0.25) is 0 Å². The normalized spacial score (nSPS) is 21.3. The molecule has 0 aromatic heterocycles. The van der Waals surface area contributed by atoms with Crippen molar-refractivity contribution in [3.8, 4) is 11.5 Å². The van der Waals surface area contributed by atoms with E-state index in [1.807, 2.05) is 18.2 Å². The molecule has 0 saturated carbocycles. The molecule has 2 aromatic carbocycles. The van der Waals surface area contributed by atoms with Crippen LogP contribution in [0.2, 0.25) is 5.02 Å². The minimum Gasteiger partial charge on any atom is -0.493 e. The molecule has 0 bridgehead atoms. The number of nitrogens with zero attached hydrogens (tertiary/aromatic N) is 1. The van der Waals surface area contributed by atoms with Gasteiger partial charge in [0.25, 0.3) is 5.91 Å². The maximum atomic E-state index is 13.1. The lowest BCUT2D eigenvalue weighted by Crippen LogP contribution is -2.47. The first-order chi connectivity index (χ1) is 12.6. The van der Waals surface area contributed by atoms with Crippen molar-refractivity contribution in [3.63, 3.8) is 0 Å². The van der Waals surface area contributed by atoms with Gasteiger partial charge in [-0.3, -0.25) is 9.69 Å². The van der Waals surface area contributed by atoms with Crippen LogP contribution in [0.3, 0.4) is 0 Å². The molecule has 1 fully saturated rings. The van der Waals surface area contributed by atoms with Gasteiger partial charge in [0.15, 0.2) is 5.54 Å². The van der Waals surface area contributed by atoms with Gasteiger partial charge in [0, 0.05) is 17.0 Å².